The van der Waals surface area contributed by atoms with Gasteiger partial charge < -0.3 is 5.11 Å². The minimum absolute atomic E-state index is 0.161. The van der Waals surface area contributed by atoms with Gasteiger partial charge in [0.25, 0.3) is 0 Å². The molecule has 1 aromatic heterocycles. The lowest BCUT2D eigenvalue weighted by molar-refractivity contribution is 0.0636. The van der Waals surface area contributed by atoms with Gasteiger partial charge in [0, 0.05) is 5.41 Å². The Hall–Kier alpha value is -2.00. The Morgan fingerprint density at radius 1 is 1.11 bits per heavy atom. The number of benzene rings is 1. The van der Waals surface area contributed by atoms with E-state index >= 15 is 0 Å². The van der Waals surface area contributed by atoms with Gasteiger partial charge in [-0.1, -0.05) is 65.3 Å². The van der Waals surface area contributed by atoms with Crippen LogP contribution in [0.5, 0.6) is 0 Å². The summed E-state index contributed by atoms with van der Waals surface area (Å²) in [6.07, 6.45) is 0.340. The van der Waals surface area contributed by atoms with Gasteiger partial charge in [0.2, 0.25) is 0 Å². The zero-order chi connectivity index (χ0) is 20.8. The first-order chi connectivity index (χ1) is 13.0. The Bertz CT molecular complexity index is 893. The molecule has 1 aromatic carbocycles. The molecule has 0 bridgehead atoms. The second-order valence-electron chi connectivity index (χ2n) is 9.61. The van der Waals surface area contributed by atoms with Crippen LogP contribution in [0, 0.1) is 12.3 Å². The van der Waals surface area contributed by atoms with Crippen LogP contribution in [0.3, 0.4) is 0 Å². The van der Waals surface area contributed by atoms with Gasteiger partial charge in [0.15, 0.2) is 0 Å². The monoisotopic (exact) mass is 378 g/mol. The lowest BCUT2D eigenvalue weighted by atomic mass is 9.88. The van der Waals surface area contributed by atoms with Crippen molar-refractivity contribution in [3.63, 3.8) is 0 Å². The van der Waals surface area contributed by atoms with Crippen LogP contribution in [0.15, 0.2) is 29.3 Å². The molecule has 1 N–H and O–H groups in total. The number of aliphatic hydroxyl groups is 1. The molecule has 1 aliphatic carbocycles. The lowest BCUT2D eigenvalue weighted by Crippen LogP contribution is -2.17. The van der Waals surface area contributed by atoms with Crippen molar-refractivity contribution in [3.05, 3.63) is 57.9 Å². The molecule has 0 fully saturated rings. The maximum Gasteiger partial charge on any atom is 0.102 e. The van der Waals surface area contributed by atoms with E-state index in [1.807, 2.05) is 13.0 Å². The van der Waals surface area contributed by atoms with Gasteiger partial charge in [-0.15, -0.1) is 0 Å². The number of aliphatic imine (C=N–C) groups is 1. The standard InChI is InChI=1S/C25H34N2O/c1-14(2)19-11-16(5)12-20(15(3)4)23(19)26-17(6)21-10-9-18-13-25(7,8)24(28)22(18)27-21/h9-12,14-15,24,28H,13H2,1-8H3. The second-order valence-corrected chi connectivity index (χ2v) is 9.61. The Balaban J connectivity index is 2.10. The van der Waals surface area contributed by atoms with Crippen molar-refractivity contribution >= 4 is 11.4 Å². The third-order valence-electron chi connectivity index (χ3n) is 5.87. The number of hydrogen-bond acceptors (Lipinski definition) is 3. The fraction of sp³-hybridized carbons (Fsp3) is 0.520. The van der Waals surface area contributed by atoms with Crippen LogP contribution in [0.2, 0.25) is 0 Å². The van der Waals surface area contributed by atoms with E-state index in [9.17, 15) is 5.11 Å². The highest BCUT2D eigenvalue weighted by Gasteiger charge is 2.39. The van der Waals surface area contributed by atoms with Gasteiger partial charge in [-0.25, -0.2) is 4.98 Å². The summed E-state index contributed by atoms with van der Waals surface area (Å²) in [5.74, 6) is 0.805. The predicted molar refractivity (Wildman–Crippen MR) is 118 cm³/mol. The van der Waals surface area contributed by atoms with Gasteiger partial charge in [-0.3, -0.25) is 4.99 Å². The van der Waals surface area contributed by atoms with E-state index in [1.165, 1.54) is 16.7 Å². The Morgan fingerprint density at radius 3 is 2.21 bits per heavy atom. The van der Waals surface area contributed by atoms with E-state index in [0.717, 1.165) is 34.8 Å². The van der Waals surface area contributed by atoms with Crippen LogP contribution in [-0.4, -0.2) is 15.8 Å². The van der Waals surface area contributed by atoms with Crippen molar-refractivity contribution in [2.24, 2.45) is 10.4 Å². The average molecular weight is 379 g/mol. The Morgan fingerprint density at radius 2 is 1.68 bits per heavy atom. The van der Waals surface area contributed by atoms with Crippen molar-refractivity contribution < 1.29 is 5.11 Å². The van der Waals surface area contributed by atoms with Gasteiger partial charge in [0.1, 0.15) is 6.10 Å². The number of nitrogens with zero attached hydrogens (tertiary/aromatic N) is 2. The lowest BCUT2D eigenvalue weighted by Gasteiger charge is -2.21. The first kappa shape index (κ1) is 20.7. The molecule has 3 nitrogen and oxygen atoms in total. The molecule has 0 amide bonds. The molecule has 2 aromatic rings. The van der Waals surface area contributed by atoms with Crippen LogP contribution in [-0.2, 0) is 6.42 Å². The summed E-state index contributed by atoms with van der Waals surface area (Å²) in [5.41, 5.74) is 8.47. The number of aliphatic hydroxyl groups excluding tert-OH is 1. The normalized spacial score (nSPS) is 18.8. The van der Waals surface area contributed by atoms with Crippen molar-refractivity contribution in [1.82, 2.24) is 4.98 Å². The number of rotatable bonds is 4. The third kappa shape index (κ3) is 3.77. The van der Waals surface area contributed by atoms with Crippen molar-refractivity contribution in [3.8, 4) is 0 Å². The molecule has 3 heteroatoms. The molecular formula is C25H34N2O. The molecule has 150 valence electrons. The van der Waals surface area contributed by atoms with Crippen LogP contribution in [0.1, 0.15) is 100 Å². The Labute approximate surface area is 170 Å². The van der Waals surface area contributed by atoms with Gasteiger partial charge >= 0.3 is 0 Å². The van der Waals surface area contributed by atoms with Gasteiger partial charge in [-0.2, -0.15) is 0 Å². The zero-order valence-corrected chi connectivity index (χ0v) is 18.6. The molecule has 1 atom stereocenters. The number of pyridine rings is 1. The maximum absolute atomic E-state index is 10.7. The minimum Gasteiger partial charge on any atom is -0.386 e. The molecule has 0 saturated carbocycles. The van der Waals surface area contributed by atoms with Crippen molar-refractivity contribution in [2.45, 2.75) is 79.8 Å². The molecule has 1 heterocycles. The van der Waals surface area contributed by atoms with Gasteiger partial charge in [0.05, 0.1) is 22.8 Å². The van der Waals surface area contributed by atoms with E-state index in [4.69, 9.17) is 9.98 Å². The summed E-state index contributed by atoms with van der Waals surface area (Å²) in [6, 6.07) is 8.66. The molecule has 1 aliphatic rings. The fourth-order valence-corrected chi connectivity index (χ4v) is 4.12. The van der Waals surface area contributed by atoms with Crippen LogP contribution < -0.4 is 0 Å². The molecule has 0 radical (unpaired) electrons. The first-order valence-electron chi connectivity index (χ1n) is 10.4. The average Bonchev–Trinajstić information content (AvgIpc) is 2.84. The summed E-state index contributed by atoms with van der Waals surface area (Å²) < 4.78 is 0. The third-order valence-corrected chi connectivity index (χ3v) is 5.87. The molecule has 1 unspecified atom stereocenters. The van der Waals surface area contributed by atoms with E-state index in [-0.39, 0.29) is 5.41 Å². The highest BCUT2D eigenvalue weighted by Crippen LogP contribution is 2.44. The SMILES string of the molecule is CC(=Nc1c(C(C)C)cc(C)cc1C(C)C)c1ccc2c(n1)C(O)C(C)(C)C2. The minimum atomic E-state index is -0.521. The molecule has 0 saturated heterocycles. The van der Waals surface area contributed by atoms with E-state index in [2.05, 4.69) is 66.7 Å². The largest absolute Gasteiger partial charge is 0.386 e. The molecule has 3 rings (SSSR count). The summed E-state index contributed by atoms with van der Waals surface area (Å²) in [7, 11) is 0. The van der Waals surface area contributed by atoms with E-state index in [0.29, 0.717) is 11.8 Å². The second kappa shape index (κ2) is 7.44. The summed E-state index contributed by atoms with van der Waals surface area (Å²) >= 11 is 0. The summed E-state index contributed by atoms with van der Waals surface area (Å²) in [5, 5.41) is 10.7. The molecule has 0 aliphatic heterocycles. The maximum atomic E-state index is 10.7. The number of fused-ring (bicyclic) bond motifs is 1. The van der Waals surface area contributed by atoms with Crippen molar-refractivity contribution in [2.75, 3.05) is 0 Å². The molecule has 0 spiro atoms. The van der Waals surface area contributed by atoms with Crippen LogP contribution >= 0.6 is 0 Å². The quantitative estimate of drug-likeness (QED) is 0.626. The number of aromatic nitrogens is 1. The van der Waals surface area contributed by atoms with Gasteiger partial charge in [-0.05, 0) is 54.9 Å². The fourth-order valence-electron chi connectivity index (χ4n) is 4.12. The van der Waals surface area contributed by atoms with E-state index in [1.54, 1.807) is 0 Å². The molecular weight excluding hydrogens is 344 g/mol. The smallest absolute Gasteiger partial charge is 0.102 e. The van der Waals surface area contributed by atoms with Crippen LogP contribution in [0.4, 0.5) is 5.69 Å². The van der Waals surface area contributed by atoms with E-state index < -0.39 is 6.10 Å². The topological polar surface area (TPSA) is 45.5 Å². The molecule has 28 heavy (non-hydrogen) atoms. The van der Waals surface area contributed by atoms with Crippen molar-refractivity contribution in [1.29, 1.82) is 0 Å². The van der Waals surface area contributed by atoms with Crippen LogP contribution in [0.25, 0.3) is 0 Å². The highest BCUT2D eigenvalue weighted by molar-refractivity contribution is 5.99. The summed E-state index contributed by atoms with van der Waals surface area (Å²) in [4.78, 5) is 9.88. The number of hydrogen-bond donors (Lipinski definition) is 1. The highest BCUT2D eigenvalue weighted by atomic mass is 16.3. The predicted octanol–water partition coefficient (Wildman–Crippen LogP) is 6.39. The summed E-state index contributed by atoms with van der Waals surface area (Å²) in [6.45, 7) is 17.3. The Kier molecular flexibility index (Phi) is 5.51. The first-order valence-corrected chi connectivity index (χ1v) is 10.4. The zero-order valence-electron chi connectivity index (χ0n) is 18.6. The number of aryl methyl sites for hydroxylation is 1.